The molecule has 2 aliphatic rings. The first-order valence-electron chi connectivity index (χ1n) is 10.9. The summed E-state index contributed by atoms with van der Waals surface area (Å²) in [5.41, 5.74) is 3.92. The van der Waals surface area contributed by atoms with E-state index in [1.54, 1.807) is 0 Å². The van der Waals surface area contributed by atoms with Crippen molar-refractivity contribution in [3.8, 4) is 11.5 Å². The highest BCUT2D eigenvalue weighted by Crippen LogP contribution is 2.37. The number of hydrogen-bond donors (Lipinski definition) is 2. The highest BCUT2D eigenvalue weighted by atomic mass is 16.7. The number of hydrogen-bond acceptors (Lipinski definition) is 12. The summed E-state index contributed by atoms with van der Waals surface area (Å²) >= 11 is 0. The van der Waals surface area contributed by atoms with Crippen molar-refractivity contribution < 1.29 is 19.1 Å². The maximum absolute atomic E-state index is 11.5. The minimum Gasteiger partial charge on any atom is -0.454 e. The van der Waals surface area contributed by atoms with Crippen molar-refractivity contribution in [2.24, 2.45) is 5.10 Å². The summed E-state index contributed by atoms with van der Waals surface area (Å²) in [6, 6.07) is 12.7. The molecule has 1 saturated heterocycles. The summed E-state index contributed by atoms with van der Waals surface area (Å²) in [6.07, 6.45) is 1.31. The molecule has 1 aromatic heterocycles. The van der Waals surface area contributed by atoms with Gasteiger partial charge in [-0.3, -0.25) is 10.1 Å². The number of nitro benzene ring substituents is 1. The summed E-state index contributed by atoms with van der Waals surface area (Å²) in [4.78, 5) is 26.4. The molecule has 2 aromatic carbocycles. The van der Waals surface area contributed by atoms with Gasteiger partial charge in [0.1, 0.15) is 0 Å². The van der Waals surface area contributed by atoms with Crippen LogP contribution in [0.2, 0.25) is 0 Å². The zero-order valence-electron chi connectivity index (χ0n) is 18.6. The van der Waals surface area contributed by atoms with Gasteiger partial charge in [0.2, 0.25) is 24.6 Å². The molecule has 2 N–H and O–H groups in total. The molecule has 2 aliphatic heterocycles. The van der Waals surface area contributed by atoms with E-state index in [-0.39, 0.29) is 24.0 Å². The zero-order chi connectivity index (χ0) is 24.0. The molecule has 13 nitrogen and oxygen atoms in total. The number of nitro groups is 1. The number of anilines is 3. The molecule has 1 fully saturated rings. The smallest absolute Gasteiger partial charge is 0.282 e. The molecule has 5 rings (SSSR count). The quantitative estimate of drug-likeness (QED) is 0.279. The van der Waals surface area contributed by atoms with E-state index in [9.17, 15) is 10.1 Å². The standard InChI is InChI=1S/C22H22N8O5/c31-30(32)17-11-19-18(34-14-35-19)10-16(17)13-24-28-21-25-20(23-12-15-4-2-1-3-5-15)26-22(27-21)29-6-8-33-9-7-29/h1-5,10-11,13H,6-9,12,14H2,(H2,23,25,26,27,28)/b24-13+. The Labute approximate surface area is 199 Å². The number of morpholine rings is 1. The number of nitrogens with zero attached hydrogens (tertiary/aromatic N) is 6. The van der Waals surface area contributed by atoms with Gasteiger partial charge in [0, 0.05) is 19.6 Å². The van der Waals surface area contributed by atoms with Crippen LogP contribution < -0.4 is 25.1 Å². The molecule has 13 heteroatoms. The first kappa shape index (κ1) is 22.3. The van der Waals surface area contributed by atoms with Crippen molar-refractivity contribution in [3.05, 3.63) is 63.7 Å². The number of fused-ring (bicyclic) bond motifs is 1. The van der Waals surface area contributed by atoms with Gasteiger partial charge < -0.3 is 24.4 Å². The lowest BCUT2D eigenvalue weighted by molar-refractivity contribution is -0.385. The number of ether oxygens (including phenoxy) is 3. The second kappa shape index (κ2) is 10.2. The van der Waals surface area contributed by atoms with Gasteiger partial charge in [0.05, 0.1) is 36.0 Å². The fraction of sp³-hybridized carbons (Fsp3) is 0.273. The summed E-state index contributed by atoms with van der Waals surface area (Å²) in [6.45, 7) is 2.99. The van der Waals surface area contributed by atoms with E-state index in [1.165, 1.54) is 18.3 Å². The van der Waals surface area contributed by atoms with Crippen LogP contribution >= 0.6 is 0 Å². The molecule has 0 saturated carbocycles. The van der Waals surface area contributed by atoms with E-state index >= 15 is 0 Å². The molecule has 0 spiro atoms. The lowest BCUT2D eigenvalue weighted by Gasteiger charge is -2.27. The van der Waals surface area contributed by atoms with Crippen LogP contribution in [0.3, 0.4) is 0 Å². The van der Waals surface area contributed by atoms with E-state index in [0.717, 1.165) is 5.56 Å². The predicted molar refractivity (Wildman–Crippen MR) is 127 cm³/mol. The van der Waals surface area contributed by atoms with Gasteiger partial charge >= 0.3 is 0 Å². The van der Waals surface area contributed by atoms with Crippen molar-refractivity contribution >= 4 is 29.7 Å². The molecule has 0 atom stereocenters. The van der Waals surface area contributed by atoms with E-state index in [4.69, 9.17) is 14.2 Å². The Balaban J connectivity index is 1.37. The fourth-order valence-electron chi connectivity index (χ4n) is 3.54. The Bertz CT molecular complexity index is 1230. The van der Waals surface area contributed by atoms with Gasteiger partial charge in [-0.05, 0) is 11.6 Å². The van der Waals surface area contributed by atoms with Crippen LogP contribution in [0.15, 0.2) is 47.6 Å². The molecule has 180 valence electrons. The van der Waals surface area contributed by atoms with Crippen LogP contribution in [-0.2, 0) is 11.3 Å². The average molecular weight is 478 g/mol. The van der Waals surface area contributed by atoms with Crippen LogP contribution in [0.5, 0.6) is 11.5 Å². The highest BCUT2D eigenvalue weighted by Gasteiger charge is 2.22. The molecule has 3 heterocycles. The molecule has 3 aromatic rings. The van der Waals surface area contributed by atoms with Crippen molar-refractivity contribution in [3.63, 3.8) is 0 Å². The summed E-state index contributed by atoms with van der Waals surface area (Å²) in [5.74, 6) is 1.78. The lowest BCUT2D eigenvalue weighted by atomic mass is 10.1. The molecule has 0 bridgehead atoms. The maximum atomic E-state index is 11.5. The Morgan fingerprint density at radius 1 is 1.06 bits per heavy atom. The number of rotatable bonds is 8. The van der Waals surface area contributed by atoms with Crippen molar-refractivity contribution in [2.45, 2.75) is 6.54 Å². The summed E-state index contributed by atoms with van der Waals surface area (Å²) in [7, 11) is 0. The maximum Gasteiger partial charge on any atom is 0.282 e. The highest BCUT2D eigenvalue weighted by molar-refractivity contribution is 5.87. The molecular weight excluding hydrogens is 456 g/mol. The molecular formula is C22H22N8O5. The van der Waals surface area contributed by atoms with Crippen LogP contribution in [-0.4, -0.2) is 59.2 Å². The second-order valence-electron chi connectivity index (χ2n) is 7.61. The summed E-state index contributed by atoms with van der Waals surface area (Å²) in [5, 5.41) is 18.8. The SMILES string of the molecule is O=[N+]([O-])c1cc2c(cc1/C=N/Nc1nc(NCc3ccccc3)nc(N3CCOCC3)n1)OCO2. The Morgan fingerprint density at radius 3 is 2.57 bits per heavy atom. The summed E-state index contributed by atoms with van der Waals surface area (Å²) < 4.78 is 16.0. The van der Waals surface area contributed by atoms with Crippen LogP contribution in [0, 0.1) is 10.1 Å². The van der Waals surface area contributed by atoms with Crippen LogP contribution in [0.25, 0.3) is 0 Å². The third-order valence-electron chi connectivity index (χ3n) is 5.30. The first-order chi connectivity index (χ1) is 17.2. The Kier molecular flexibility index (Phi) is 6.48. The van der Waals surface area contributed by atoms with Gasteiger partial charge in [0.15, 0.2) is 11.5 Å². The molecule has 0 radical (unpaired) electrons. The van der Waals surface area contributed by atoms with Crippen molar-refractivity contribution in [1.82, 2.24) is 15.0 Å². The monoisotopic (exact) mass is 478 g/mol. The molecule has 0 amide bonds. The molecule has 0 aliphatic carbocycles. The van der Waals surface area contributed by atoms with Gasteiger partial charge in [-0.25, -0.2) is 5.43 Å². The topological polar surface area (TPSA) is 149 Å². The average Bonchev–Trinajstić information content (AvgIpc) is 3.35. The molecule has 0 unspecified atom stereocenters. The largest absolute Gasteiger partial charge is 0.454 e. The minimum atomic E-state index is -0.506. The van der Waals surface area contributed by atoms with E-state index in [1.807, 2.05) is 35.2 Å². The number of aromatic nitrogens is 3. The van der Waals surface area contributed by atoms with E-state index in [0.29, 0.717) is 56.2 Å². The van der Waals surface area contributed by atoms with Gasteiger partial charge in [0.25, 0.3) is 5.69 Å². The van der Waals surface area contributed by atoms with E-state index in [2.05, 4.69) is 30.8 Å². The third-order valence-corrected chi connectivity index (χ3v) is 5.30. The Morgan fingerprint density at radius 2 is 1.80 bits per heavy atom. The molecule has 35 heavy (non-hydrogen) atoms. The number of hydrazone groups is 1. The van der Waals surface area contributed by atoms with E-state index < -0.39 is 4.92 Å². The Hall–Kier alpha value is -4.52. The third kappa shape index (κ3) is 5.35. The van der Waals surface area contributed by atoms with Gasteiger partial charge in [-0.15, -0.1) is 0 Å². The number of nitrogens with one attached hydrogen (secondary N) is 2. The number of benzene rings is 2. The normalized spacial score (nSPS) is 14.8. The predicted octanol–water partition coefficient (Wildman–Crippen LogP) is 2.40. The first-order valence-corrected chi connectivity index (χ1v) is 10.9. The van der Waals surface area contributed by atoms with Crippen molar-refractivity contribution in [1.29, 1.82) is 0 Å². The van der Waals surface area contributed by atoms with Crippen LogP contribution in [0.1, 0.15) is 11.1 Å². The second-order valence-corrected chi connectivity index (χ2v) is 7.61. The van der Waals surface area contributed by atoms with Crippen molar-refractivity contribution in [2.75, 3.05) is 48.7 Å². The van der Waals surface area contributed by atoms with Gasteiger partial charge in [-0.2, -0.15) is 20.1 Å². The minimum absolute atomic E-state index is 0.0132. The zero-order valence-corrected chi connectivity index (χ0v) is 18.6. The van der Waals surface area contributed by atoms with Gasteiger partial charge in [-0.1, -0.05) is 30.3 Å². The fourth-order valence-corrected chi connectivity index (χ4v) is 3.54. The lowest BCUT2D eigenvalue weighted by Crippen LogP contribution is -2.37. The van der Waals surface area contributed by atoms with Crippen LogP contribution in [0.4, 0.5) is 23.5 Å².